The Balaban J connectivity index is 1.62. The first-order valence-corrected chi connectivity index (χ1v) is 8.08. The highest BCUT2D eigenvalue weighted by Gasteiger charge is 2.59. The Labute approximate surface area is 140 Å². The summed E-state index contributed by atoms with van der Waals surface area (Å²) in [5.74, 6) is -1.16. The number of halogens is 1. The quantitative estimate of drug-likeness (QED) is 0.469. The minimum Gasteiger partial charge on any atom is -0.507 e. The Morgan fingerprint density at radius 3 is 2.30 bits per heavy atom. The lowest BCUT2D eigenvalue weighted by atomic mass is 9.85. The highest BCUT2D eigenvalue weighted by atomic mass is 79.9. The monoisotopic (exact) mass is 376 g/mol. The average Bonchev–Trinajstić information content (AvgIpc) is 3.17. The van der Waals surface area contributed by atoms with Gasteiger partial charge in [0.25, 0.3) is 11.8 Å². The molecule has 2 amide bonds. The predicted molar refractivity (Wildman–Crippen MR) is 84.6 cm³/mol. The Morgan fingerprint density at radius 1 is 1.09 bits per heavy atom. The molecule has 4 atom stereocenters. The first kappa shape index (κ1) is 14.4. The van der Waals surface area contributed by atoms with Gasteiger partial charge in [-0.15, -0.1) is 0 Å². The van der Waals surface area contributed by atoms with E-state index in [1.165, 1.54) is 12.3 Å². The third-order valence-electron chi connectivity index (χ3n) is 4.86. The van der Waals surface area contributed by atoms with Gasteiger partial charge in [0.05, 0.1) is 22.5 Å². The van der Waals surface area contributed by atoms with E-state index in [1.54, 1.807) is 0 Å². The fourth-order valence-corrected chi connectivity index (χ4v) is 4.15. The minimum atomic E-state index is -0.296. The highest BCUT2D eigenvalue weighted by Crippen LogP contribution is 2.52. The number of hydrogen-bond donors (Lipinski definition) is 2. The topological polar surface area (TPSA) is 90.2 Å². The van der Waals surface area contributed by atoms with Crippen LogP contribution in [0.2, 0.25) is 0 Å². The number of imide groups is 1. The van der Waals surface area contributed by atoms with Crippen molar-refractivity contribution in [1.82, 2.24) is 5.01 Å². The summed E-state index contributed by atoms with van der Waals surface area (Å²) in [7, 11) is 0. The number of benzene rings is 1. The van der Waals surface area contributed by atoms with E-state index in [1.807, 2.05) is 12.2 Å². The summed E-state index contributed by atoms with van der Waals surface area (Å²) in [4.78, 5) is 24.9. The van der Waals surface area contributed by atoms with Crippen molar-refractivity contribution in [3.05, 3.63) is 34.3 Å². The second-order valence-corrected chi connectivity index (χ2v) is 6.95. The number of nitrogens with zero attached hydrogens (tertiary/aromatic N) is 2. The van der Waals surface area contributed by atoms with Crippen LogP contribution in [0.1, 0.15) is 12.0 Å². The Kier molecular flexibility index (Phi) is 3.09. The molecule has 0 radical (unpaired) electrons. The van der Waals surface area contributed by atoms with Crippen LogP contribution in [0.4, 0.5) is 0 Å². The molecular weight excluding hydrogens is 364 g/mol. The molecule has 0 spiro atoms. The van der Waals surface area contributed by atoms with Crippen molar-refractivity contribution in [3.8, 4) is 11.5 Å². The van der Waals surface area contributed by atoms with Crippen LogP contribution in [-0.2, 0) is 9.59 Å². The molecule has 1 aromatic carbocycles. The number of phenolic OH excluding ortho intramolecular Hbond substituents is 2. The molecule has 6 nitrogen and oxygen atoms in total. The van der Waals surface area contributed by atoms with Gasteiger partial charge in [0.2, 0.25) is 0 Å². The number of phenols is 2. The molecule has 7 heteroatoms. The van der Waals surface area contributed by atoms with Crippen LogP contribution in [-0.4, -0.2) is 33.3 Å². The molecule has 1 heterocycles. The molecule has 0 unspecified atom stereocenters. The SMILES string of the molecule is O=C1[C@@H]2[C@H](C(=O)N1/N=C/c1cc(Br)c(O)cc1O)[C@@H]1C=C[C@H]2C1. The van der Waals surface area contributed by atoms with Gasteiger partial charge in [0, 0.05) is 11.6 Å². The fraction of sp³-hybridized carbons (Fsp3) is 0.312. The van der Waals surface area contributed by atoms with Crippen molar-refractivity contribution >= 4 is 34.0 Å². The molecule has 1 aliphatic heterocycles. The standard InChI is InChI=1S/C16H13BrN2O4/c17-10-4-9(11(20)5-12(10)21)6-18-19-15(22)13-7-1-2-8(3-7)14(13)16(19)23/h1-2,4-8,13-14,20-21H,3H2/b18-6+/t7-,8+,13-,14+. The van der Waals surface area contributed by atoms with E-state index in [4.69, 9.17) is 0 Å². The summed E-state index contributed by atoms with van der Waals surface area (Å²) < 4.78 is 0.384. The third-order valence-corrected chi connectivity index (χ3v) is 5.49. The molecular formula is C16H13BrN2O4. The Morgan fingerprint density at radius 2 is 1.70 bits per heavy atom. The molecule has 118 valence electrons. The van der Waals surface area contributed by atoms with Crippen LogP contribution in [0.3, 0.4) is 0 Å². The number of carbonyl (C=O) groups excluding carboxylic acids is 2. The van der Waals surface area contributed by atoms with E-state index >= 15 is 0 Å². The van der Waals surface area contributed by atoms with Gasteiger partial charge in [-0.05, 0) is 40.3 Å². The zero-order chi connectivity index (χ0) is 16.3. The fourth-order valence-electron chi connectivity index (χ4n) is 3.79. The smallest absolute Gasteiger partial charge is 0.254 e. The van der Waals surface area contributed by atoms with Gasteiger partial charge in [0.1, 0.15) is 11.5 Å². The number of carbonyl (C=O) groups is 2. The van der Waals surface area contributed by atoms with Crippen molar-refractivity contribution in [2.24, 2.45) is 28.8 Å². The lowest BCUT2D eigenvalue weighted by Gasteiger charge is -2.13. The molecule has 0 aromatic heterocycles. The largest absolute Gasteiger partial charge is 0.507 e. The normalized spacial score (nSPS) is 31.6. The van der Waals surface area contributed by atoms with Crippen molar-refractivity contribution in [2.45, 2.75) is 6.42 Å². The third kappa shape index (κ3) is 2.03. The second kappa shape index (κ2) is 4.92. The summed E-state index contributed by atoms with van der Waals surface area (Å²) in [6.45, 7) is 0. The zero-order valence-corrected chi connectivity index (χ0v) is 13.5. The average molecular weight is 377 g/mol. The van der Waals surface area contributed by atoms with Crippen molar-refractivity contribution in [3.63, 3.8) is 0 Å². The molecule has 23 heavy (non-hydrogen) atoms. The van der Waals surface area contributed by atoms with Gasteiger partial charge in [-0.3, -0.25) is 9.59 Å². The zero-order valence-electron chi connectivity index (χ0n) is 11.9. The van der Waals surface area contributed by atoms with Crippen molar-refractivity contribution in [1.29, 1.82) is 0 Å². The molecule has 1 saturated heterocycles. The predicted octanol–water partition coefficient (Wildman–Crippen LogP) is 2.00. The number of amides is 2. The lowest BCUT2D eigenvalue weighted by Crippen LogP contribution is -2.28. The van der Waals surface area contributed by atoms with Gasteiger partial charge in [-0.2, -0.15) is 10.1 Å². The summed E-state index contributed by atoms with van der Waals surface area (Å²) in [5.41, 5.74) is 0.299. The summed E-state index contributed by atoms with van der Waals surface area (Å²) in [6.07, 6.45) is 6.17. The van der Waals surface area contributed by atoms with Crippen molar-refractivity contribution < 1.29 is 19.8 Å². The second-order valence-electron chi connectivity index (χ2n) is 6.10. The van der Waals surface area contributed by atoms with E-state index in [0.717, 1.165) is 17.5 Å². The van der Waals surface area contributed by atoms with Crippen LogP contribution in [0, 0.1) is 23.7 Å². The number of aromatic hydroxyl groups is 2. The molecule has 4 rings (SSSR count). The number of hydrogen-bond acceptors (Lipinski definition) is 5. The first-order chi connectivity index (χ1) is 11.0. The van der Waals surface area contributed by atoms with Crippen LogP contribution in [0.25, 0.3) is 0 Å². The molecule has 3 aliphatic rings. The maximum absolute atomic E-state index is 12.5. The summed E-state index contributed by atoms with van der Waals surface area (Å²) >= 11 is 3.14. The summed E-state index contributed by atoms with van der Waals surface area (Å²) in [6, 6.07) is 2.63. The first-order valence-electron chi connectivity index (χ1n) is 7.29. The van der Waals surface area contributed by atoms with E-state index in [2.05, 4.69) is 21.0 Å². The number of fused-ring (bicyclic) bond motifs is 5. The van der Waals surface area contributed by atoms with E-state index < -0.39 is 0 Å². The molecule has 2 aliphatic carbocycles. The maximum atomic E-state index is 12.5. The van der Waals surface area contributed by atoms with Gasteiger partial charge in [-0.1, -0.05) is 12.2 Å². The minimum absolute atomic E-state index is 0.106. The number of allylic oxidation sites excluding steroid dienone is 2. The summed E-state index contributed by atoms with van der Waals surface area (Å²) in [5, 5.41) is 24.2. The Hall–Kier alpha value is -2.15. The Bertz CT molecular complexity index is 759. The molecule has 2 bridgehead atoms. The number of rotatable bonds is 2. The molecule has 1 aromatic rings. The highest BCUT2D eigenvalue weighted by molar-refractivity contribution is 9.10. The number of hydrazone groups is 1. The van der Waals surface area contributed by atoms with Gasteiger partial charge >= 0.3 is 0 Å². The van der Waals surface area contributed by atoms with E-state index in [-0.39, 0.29) is 47.0 Å². The van der Waals surface area contributed by atoms with Gasteiger partial charge in [0.15, 0.2) is 0 Å². The molecule has 2 fully saturated rings. The van der Waals surface area contributed by atoms with Gasteiger partial charge < -0.3 is 10.2 Å². The van der Waals surface area contributed by atoms with Crippen LogP contribution < -0.4 is 0 Å². The molecule has 2 N–H and O–H groups in total. The van der Waals surface area contributed by atoms with Crippen LogP contribution in [0.5, 0.6) is 11.5 Å². The molecule has 1 saturated carbocycles. The lowest BCUT2D eigenvalue weighted by molar-refractivity contribution is -0.140. The maximum Gasteiger partial charge on any atom is 0.254 e. The van der Waals surface area contributed by atoms with Crippen LogP contribution >= 0.6 is 15.9 Å². The van der Waals surface area contributed by atoms with E-state index in [0.29, 0.717) is 10.0 Å². The van der Waals surface area contributed by atoms with Crippen LogP contribution in [0.15, 0.2) is 33.9 Å². The van der Waals surface area contributed by atoms with Crippen molar-refractivity contribution in [2.75, 3.05) is 0 Å². The van der Waals surface area contributed by atoms with E-state index in [9.17, 15) is 19.8 Å². The van der Waals surface area contributed by atoms with Gasteiger partial charge in [-0.25, -0.2) is 0 Å².